The van der Waals surface area contributed by atoms with E-state index in [2.05, 4.69) is 120 Å². The zero-order valence-electron chi connectivity index (χ0n) is 17.6. The summed E-state index contributed by atoms with van der Waals surface area (Å²) >= 11 is 0. The van der Waals surface area contributed by atoms with Crippen LogP contribution in [0.5, 0.6) is 0 Å². The van der Waals surface area contributed by atoms with Gasteiger partial charge in [-0.05, 0) is 61.7 Å². The van der Waals surface area contributed by atoms with Crippen LogP contribution < -0.4 is 0 Å². The monoisotopic (exact) mass is 407 g/mol. The van der Waals surface area contributed by atoms with Gasteiger partial charge in [0, 0.05) is 17.8 Å². The standard InChI is InChI=1S/C31H21N/c1-4-10-22(11-5-1)25-16-17-26-28(20-25)30(23-12-6-2-7-13-23)27-18-19-32-21-29(27)31(26)24-14-8-3-9-15-24/h1-21H. The Morgan fingerprint density at radius 2 is 0.906 bits per heavy atom. The second kappa shape index (κ2) is 7.79. The van der Waals surface area contributed by atoms with Crippen molar-refractivity contribution in [2.75, 3.05) is 0 Å². The lowest BCUT2D eigenvalue weighted by molar-refractivity contribution is 1.37. The van der Waals surface area contributed by atoms with Gasteiger partial charge in [-0.2, -0.15) is 0 Å². The quantitative estimate of drug-likeness (QED) is 0.268. The maximum atomic E-state index is 4.51. The van der Waals surface area contributed by atoms with Crippen LogP contribution in [0.1, 0.15) is 0 Å². The van der Waals surface area contributed by atoms with Crippen molar-refractivity contribution in [3.8, 4) is 33.4 Å². The van der Waals surface area contributed by atoms with Gasteiger partial charge < -0.3 is 0 Å². The molecule has 0 aliphatic rings. The average Bonchev–Trinajstić information content (AvgIpc) is 2.88. The van der Waals surface area contributed by atoms with E-state index in [1.165, 1.54) is 54.9 Å². The summed E-state index contributed by atoms with van der Waals surface area (Å²) in [6.07, 6.45) is 3.91. The third-order valence-corrected chi connectivity index (χ3v) is 6.15. The predicted octanol–water partition coefficient (Wildman–Crippen LogP) is 8.39. The Morgan fingerprint density at radius 1 is 0.375 bits per heavy atom. The largest absolute Gasteiger partial charge is 0.264 e. The smallest absolute Gasteiger partial charge is 0.0353 e. The van der Waals surface area contributed by atoms with Crippen LogP contribution in [-0.4, -0.2) is 4.98 Å². The van der Waals surface area contributed by atoms with Crippen molar-refractivity contribution in [3.63, 3.8) is 0 Å². The summed E-state index contributed by atoms with van der Waals surface area (Å²) in [7, 11) is 0. The van der Waals surface area contributed by atoms with E-state index in [0.717, 1.165) is 0 Å². The first kappa shape index (κ1) is 18.5. The van der Waals surface area contributed by atoms with Gasteiger partial charge in [-0.25, -0.2) is 0 Å². The maximum Gasteiger partial charge on any atom is 0.0353 e. The molecule has 1 nitrogen and oxygen atoms in total. The minimum Gasteiger partial charge on any atom is -0.264 e. The van der Waals surface area contributed by atoms with Gasteiger partial charge in [0.1, 0.15) is 0 Å². The third kappa shape index (κ3) is 3.07. The molecule has 150 valence electrons. The maximum absolute atomic E-state index is 4.51. The molecule has 0 N–H and O–H groups in total. The fourth-order valence-electron chi connectivity index (χ4n) is 4.71. The first-order valence-corrected chi connectivity index (χ1v) is 10.9. The van der Waals surface area contributed by atoms with Crippen LogP contribution in [0.25, 0.3) is 54.9 Å². The van der Waals surface area contributed by atoms with Crippen LogP contribution in [-0.2, 0) is 0 Å². The molecule has 1 aromatic heterocycles. The van der Waals surface area contributed by atoms with E-state index in [0.29, 0.717) is 0 Å². The molecule has 0 amide bonds. The molecule has 1 heterocycles. The zero-order valence-corrected chi connectivity index (χ0v) is 17.6. The van der Waals surface area contributed by atoms with E-state index in [4.69, 9.17) is 0 Å². The summed E-state index contributed by atoms with van der Waals surface area (Å²) in [5.74, 6) is 0. The van der Waals surface area contributed by atoms with Crippen molar-refractivity contribution in [3.05, 3.63) is 128 Å². The van der Waals surface area contributed by atoms with Crippen molar-refractivity contribution in [2.45, 2.75) is 0 Å². The molecule has 0 saturated carbocycles. The minimum absolute atomic E-state index is 1.18. The lowest BCUT2D eigenvalue weighted by Crippen LogP contribution is -1.92. The SMILES string of the molecule is c1ccc(-c2ccc3c(-c4ccccc4)c4cnccc4c(-c4ccccc4)c3c2)cc1. The molecule has 0 saturated heterocycles. The lowest BCUT2D eigenvalue weighted by Gasteiger charge is -2.18. The molecule has 0 atom stereocenters. The molecule has 0 bridgehead atoms. The molecule has 0 aliphatic carbocycles. The Hall–Kier alpha value is -4.23. The second-order valence-corrected chi connectivity index (χ2v) is 8.03. The van der Waals surface area contributed by atoms with Gasteiger partial charge in [0.25, 0.3) is 0 Å². The minimum atomic E-state index is 1.18. The van der Waals surface area contributed by atoms with E-state index in [1.807, 2.05) is 12.4 Å². The summed E-state index contributed by atoms with van der Waals surface area (Å²) in [6, 6.07) is 41.0. The molecule has 0 fully saturated rings. The molecule has 0 radical (unpaired) electrons. The number of benzene rings is 5. The topological polar surface area (TPSA) is 12.9 Å². The fourth-order valence-corrected chi connectivity index (χ4v) is 4.71. The highest BCUT2D eigenvalue weighted by atomic mass is 14.6. The van der Waals surface area contributed by atoms with E-state index in [9.17, 15) is 0 Å². The molecular weight excluding hydrogens is 386 g/mol. The third-order valence-electron chi connectivity index (χ3n) is 6.15. The Balaban J connectivity index is 1.80. The van der Waals surface area contributed by atoms with Gasteiger partial charge in [-0.1, -0.05) is 103 Å². The number of fused-ring (bicyclic) bond motifs is 2. The van der Waals surface area contributed by atoms with Gasteiger partial charge in [-0.15, -0.1) is 0 Å². The second-order valence-electron chi connectivity index (χ2n) is 8.03. The highest BCUT2D eigenvalue weighted by Gasteiger charge is 2.17. The molecule has 6 aromatic rings. The van der Waals surface area contributed by atoms with E-state index >= 15 is 0 Å². The molecule has 0 unspecified atom stereocenters. The Bertz CT molecular complexity index is 1540. The van der Waals surface area contributed by atoms with E-state index < -0.39 is 0 Å². The van der Waals surface area contributed by atoms with Gasteiger partial charge >= 0.3 is 0 Å². The lowest BCUT2D eigenvalue weighted by atomic mass is 9.85. The highest BCUT2D eigenvalue weighted by molar-refractivity contribution is 6.21. The first-order valence-electron chi connectivity index (χ1n) is 10.9. The first-order chi connectivity index (χ1) is 15.9. The average molecular weight is 408 g/mol. The fraction of sp³-hybridized carbons (Fsp3) is 0. The zero-order chi connectivity index (χ0) is 21.3. The molecule has 6 rings (SSSR count). The van der Waals surface area contributed by atoms with Crippen LogP contribution in [0.15, 0.2) is 128 Å². The molecular formula is C31H21N. The molecule has 32 heavy (non-hydrogen) atoms. The molecule has 0 aliphatic heterocycles. The van der Waals surface area contributed by atoms with Crippen molar-refractivity contribution in [1.29, 1.82) is 0 Å². The van der Waals surface area contributed by atoms with Gasteiger partial charge in [0.05, 0.1) is 0 Å². The van der Waals surface area contributed by atoms with Gasteiger partial charge in [0.2, 0.25) is 0 Å². The Kier molecular flexibility index (Phi) is 4.51. The van der Waals surface area contributed by atoms with Crippen molar-refractivity contribution < 1.29 is 0 Å². The molecule has 0 spiro atoms. The molecule has 5 aromatic carbocycles. The summed E-state index contributed by atoms with van der Waals surface area (Å²) in [5, 5.41) is 4.91. The predicted molar refractivity (Wildman–Crippen MR) is 136 cm³/mol. The highest BCUT2D eigenvalue weighted by Crippen LogP contribution is 2.44. The number of rotatable bonds is 3. The van der Waals surface area contributed by atoms with Crippen LogP contribution >= 0.6 is 0 Å². The Morgan fingerprint density at radius 3 is 1.53 bits per heavy atom. The van der Waals surface area contributed by atoms with E-state index in [1.54, 1.807) is 0 Å². The van der Waals surface area contributed by atoms with Crippen LogP contribution in [0.4, 0.5) is 0 Å². The van der Waals surface area contributed by atoms with E-state index in [-0.39, 0.29) is 0 Å². The summed E-state index contributed by atoms with van der Waals surface area (Å²) in [5.41, 5.74) is 7.38. The van der Waals surface area contributed by atoms with Crippen LogP contribution in [0.2, 0.25) is 0 Å². The van der Waals surface area contributed by atoms with Gasteiger partial charge in [0.15, 0.2) is 0 Å². The Labute approximate surface area is 187 Å². The summed E-state index contributed by atoms with van der Waals surface area (Å²) in [6.45, 7) is 0. The van der Waals surface area contributed by atoms with Gasteiger partial charge in [-0.3, -0.25) is 4.98 Å². The van der Waals surface area contributed by atoms with Crippen LogP contribution in [0, 0.1) is 0 Å². The molecule has 1 heteroatoms. The number of nitrogens with zero attached hydrogens (tertiary/aromatic N) is 1. The normalized spacial score (nSPS) is 11.1. The summed E-state index contributed by atoms with van der Waals surface area (Å²) in [4.78, 5) is 4.51. The van der Waals surface area contributed by atoms with Crippen molar-refractivity contribution >= 4 is 21.5 Å². The number of aromatic nitrogens is 1. The number of hydrogen-bond donors (Lipinski definition) is 0. The van der Waals surface area contributed by atoms with Crippen molar-refractivity contribution in [2.24, 2.45) is 0 Å². The summed E-state index contributed by atoms with van der Waals surface area (Å²) < 4.78 is 0. The number of hydrogen-bond acceptors (Lipinski definition) is 1. The number of pyridine rings is 1. The van der Waals surface area contributed by atoms with Crippen molar-refractivity contribution in [1.82, 2.24) is 4.98 Å². The van der Waals surface area contributed by atoms with Crippen LogP contribution in [0.3, 0.4) is 0 Å².